The number of hydrogen-bond donors (Lipinski definition) is 6. The maximum absolute atomic E-state index is 14.1. The number of hydrogen-bond acceptors (Lipinski definition) is 17. The molecule has 4 aromatic carbocycles. The van der Waals surface area contributed by atoms with Crippen molar-refractivity contribution in [2.45, 2.75) is 98.6 Å². The number of halogens is 8. The summed E-state index contributed by atoms with van der Waals surface area (Å²) in [5.41, 5.74) is -4.99. The van der Waals surface area contributed by atoms with Gasteiger partial charge in [0.05, 0.1) is 43.4 Å². The quantitative estimate of drug-likeness (QED) is 0.0148. The smallest absolute Gasteiger partial charge is 0.484 e. The highest BCUT2D eigenvalue weighted by atomic mass is 35.5. The number of fused-ring (bicyclic) bond motifs is 6. The Balaban J connectivity index is 0.858. The summed E-state index contributed by atoms with van der Waals surface area (Å²) in [6.45, 7) is -5.11. The molecule has 4 aromatic rings. The number of nitrogens with one attached hydrogen (secondary N) is 4. The minimum atomic E-state index is -5.29. The van der Waals surface area contributed by atoms with Gasteiger partial charge in [0, 0.05) is 35.3 Å². The number of carbonyl (C=O) groups is 5. The fourth-order valence-corrected chi connectivity index (χ4v) is 12.6. The Bertz CT molecular complexity index is 3030. The molecule has 456 valence electrons. The second-order valence-corrected chi connectivity index (χ2v) is 24.5. The first-order valence-corrected chi connectivity index (χ1v) is 29.8. The molecule has 6 saturated carbocycles. The van der Waals surface area contributed by atoms with Crippen LogP contribution in [0.4, 0.5) is 22.4 Å². The van der Waals surface area contributed by atoms with E-state index in [2.05, 4.69) is 21.3 Å². The van der Waals surface area contributed by atoms with Crippen molar-refractivity contribution < 1.29 is 107 Å². The molecule has 0 saturated heterocycles. The number of amides is 4. The van der Waals surface area contributed by atoms with Gasteiger partial charge in [0.1, 0.15) is 46.3 Å². The van der Waals surface area contributed by atoms with E-state index < -0.39 is 143 Å². The molecule has 2 unspecified atom stereocenters. The van der Waals surface area contributed by atoms with E-state index in [1.165, 1.54) is 48.5 Å². The van der Waals surface area contributed by atoms with Gasteiger partial charge in [-0.25, -0.2) is 40.5 Å². The summed E-state index contributed by atoms with van der Waals surface area (Å²) in [4.78, 5) is 87.6. The zero-order valence-corrected chi connectivity index (χ0v) is 48.5. The van der Waals surface area contributed by atoms with Gasteiger partial charge in [-0.2, -0.15) is 0 Å². The SMILES string of the molecule is O=C(COc1ccc(Cl)c(F)c1)NC12CCC(NC(=O)COc3ccc(Cl)c(F)c3)(CC1)[C@@H](OP(=O)(O)OCOC(=O)OCOP(=O)(O)O[C@H]1CC3(NC(=O)COc4ccc(Cl)c(F)c4)CCC1(NC(=O)COc1ccc(Cl)c(F)c1)CC3)C2. The van der Waals surface area contributed by atoms with Crippen LogP contribution in [0.25, 0.3) is 0 Å². The second kappa shape index (κ2) is 26.9. The van der Waals surface area contributed by atoms with Crippen molar-refractivity contribution in [2.75, 3.05) is 40.0 Å². The molecule has 4 atom stereocenters. The Hall–Kier alpha value is -5.67. The molecule has 0 aromatic heterocycles. The summed E-state index contributed by atoms with van der Waals surface area (Å²) in [7, 11) is -10.6. The molecule has 0 heterocycles. The van der Waals surface area contributed by atoms with E-state index in [0.29, 0.717) is 0 Å². The molecule has 33 heteroatoms. The van der Waals surface area contributed by atoms with Crippen LogP contribution in [-0.4, -0.2) is 114 Å². The summed E-state index contributed by atoms with van der Waals surface area (Å²) in [6.07, 6.45) is -3.88. The molecule has 4 bridgehead atoms. The van der Waals surface area contributed by atoms with Crippen LogP contribution in [0.1, 0.15) is 64.2 Å². The van der Waals surface area contributed by atoms with Gasteiger partial charge in [-0.05, 0) is 113 Å². The standard InChI is InChI=1S/C51H52Cl4F4N4O19P2/c52-33-5-1-29(17-37(33)56)73-23-43(64)60-48-9-13-50(14-10-48,62-45(66)25-75-31-3-7-35(54)39(58)19-31)41(21-48)81-83(69,70)79-27-77-47(68)78-28-80-84(71,72)82-42-22-49(61-44(65)24-74-30-2-6-34(53)38(57)18-30)11-15-51(42,16-12-49)63-46(67)26-76-32-4-8-36(55)40(59)20-32/h1-8,17-20,41-42H,9-16,21-28H2,(H,60,64)(H,61,65)(H,62,66)(H,63,67)(H,69,70)(H,71,72)/t41-,42-,48?,49?,50?,51?/m0/s1. The first-order chi connectivity index (χ1) is 39.7. The van der Waals surface area contributed by atoms with E-state index in [4.69, 9.17) is 92.9 Å². The minimum Gasteiger partial charge on any atom is -0.484 e. The molecule has 0 aliphatic heterocycles. The van der Waals surface area contributed by atoms with E-state index in [1.807, 2.05) is 0 Å². The molecule has 23 nitrogen and oxygen atoms in total. The monoisotopic (exact) mass is 1300 g/mol. The van der Waals surface area contributed by atoms with Crippen LogP contribution < -0.4 is 40.2 Å². The van der Waals surface area contributed by atoms with Gasteiger partial charge in [-0.3, -0.25) is 28.2 Å². The molecular weight excluding hydrogens is 1250 g/mol. The number of ether oxygens (including phenoxy) is 6. The van der Waals surface area contributed by atoms with Crippen LogP contribution >= 0.6 is 62.0 Å². The van der Waals surface area contributed by atoms with Crippen molar-refractivity contribution in [3.8, 4) is 23.0 Å². The third-order valence-electron chi connectivity index (χ3n) is 14.5. The lowest BCUT2D eigenvalue weighted by Crippen LogP contribution is -2.71. The highest BCUT2D eigenvalue weighted by Crippen LogP contribution is 2.56. The Morgan fingerprint density at radius 1 is 0.464 bits per heavy atom. The molecule has 6 N–H and O–H groups in total. The van der Waals surface area contributed by atoms with Gasteiger partial charge >= 0.3 is 21.8 Å². The minimum absolute atomic E-state index is 0.00167. The van der Waals surface area contributed by atoms with Crippen molar-refractivity contribution in [1.82, 2.24) is 21.3 Å². The zero-order chi connectivity index (χ0) is 60.7. The molecule has 6 aliphatic carbocycles. The lowest BCUT2D eigenvalue weighted by molar-refractivity contribution is -0.137. The average Bonchev–Trinajstić information content (AvgIpc) is 1.03. The molecule has 6 fully saturated rings. The van der Waals surface area contributed by atoms with E-state index in [1.54, 1.807) is 0 Å². The number of benzene rings is 4. The fraction of sp³-hybridized carbons (Fsp3) is 0.431. The van der Waals surface area contributed by atoms with E-state index in [-0.39, 0.29) is 107 Å². The molecule has 0 radical (unpaired) electrons. The summed E-state index contributed by atoms with van der Waals surface area (Å²) in [6, 6.07) is 14.1. The fourth-order valence-electron chi connectivity index (χ4n) is 10.4. The first kappa shape index (κ1) is 64.3. The highest BCUT2D eigenvalue weighted by molar-refractivity contribution is 7.47. The third kappa shape index (κ3) is 16.9. The number of carbonyl (C=O) groups excluding carboxylic acids is 5. The van der Waals surface area contributed by atoms with Gasteiger partial charge < -0.3 is 59.5 Å². The summed E-state index contributed by atoms with van der Waals surface area (Å²) in [5, 5.41) is 10.5. The Labute approximate surface area is 495 Å². The van der Waals surface area contributed by atoms with Crippen LogP contribution in [0.2, 0.25) is 20.1 Å². The van der Waals surface area contributed by atoms with Crippen molar-refractivity contribution in [1.29, 1.82) is 0 Å². The number of phosphoric ester groups is 2. The molecule has 6 aliphatic rings. The summed E-state index contributed by atoms with van der Waals surface area (Å²) < 4.78 is 135. The largest absolute Gasteiger partial charge is 0.512 e. The number of rotatable bonds is 26. The Morgan fingerprint density at radius 3 is 1.01 bits per heavy atom. The van der Waals surface area contributed by atoms with Gasteiger partial charge in [-0.15, -0.1) is 0 Å². The van der Waals surface area contributed by atoms with Crippen LogP contribution in [0, 0.1) is 23.3 Å². The van der Waals surface area contributed by atoms with Crippen molar-refractivity contribution in [3.05, 3.63) is 116 Å². The van der Waals surface area contributed by atoms with Crippen molar-refractivity contribution >= 4 is 91.8 Å². The Morgan fingerprint density at radius 2 is 0.738 bits per heavy atom. The Kier molecular flexibility index (Phi) is 20.6. The van der Waals surface area contributed by atoms with Crippen LogP contribution in [0.15, 0.2) is 72.8 Å². The second-order valence-electron chi connectivity index (χ2n) is 20.1. The third-order valence-corrected chi connectivity index (χ3v) is 17.7. The van der Waals surface area contributed by atoms with Crippen molar-refractivity contribution in [3.63, 3.8) is 0 Å². The predicted octanol–water partition coefficient (Wildman–Crippen LogP) is 8.92. The predicted molar refractivity (Wildman–Crippen MR) is 286 cm³/mol. The van der Waals surface area contributed by atoms with E-state index in [0.717, 1.165) is 24.3 Å². The lowest BCUT2D eigenvalue weighted by atomic mass is 9.60. The van der Waals surface area contributed by atoms with Gasteiger partial charge in [0.15, 0.2) is 26.4 Å². The summed E-state index contributed by atoms with van der Waals surface area (Å²) in [5.74, 6) is -6.07. The summed E-state index contributed by atoms with van der Waals surface area (Å²) >= 11 is 23.0. The van der Waals surface area contributed by atoms with Gasteiger partial charge in [0.25, 0.3) is 23.6 Å². The van der Waals surface area contributed by atoms with Gasteiger partial charge in [-0.1, -0.05) is 46.4 Å². The highest BCUT2D eigenvalue weighted by Gasteiger charge is 2.60. The van der Waals surface area contributed by atoms with E-state index >= 15 is 0 Å². The maximum Gasteiger partial charge on any atom is 0.512 e. The maximum atomic E-state index is 14.1. The van der Waals surface area contributed by atoms with E-state index in [9.17, 15) is 60.5 Å². The average molecular weight is 1300 g/mol. The van der Waals surface area contributed by atoms with Crippen molar-refractivity contribution in [2.24, 2.45) is 0 Å². The molecule has 10 rings (SSSR count). The first-order valence-electron chi connectivity index (χ1n) is 25.3. The van der Waals surface area contributed by atoms with Crippen LogP contribution in [0.3, 0.4) is 0 Å². The zero-order valence-electron chi connectivity index (χ0n) is 43.6. The lowest BCUT2D eigenvalue weighted by Gasteiger charge is -2.57. The number of phosphoric acid groups is 2. The molecule has 4 amide bonds. The normalized spacial score (nSPS) is 24.5. The molecule has 0 spiro atoms. The van der Waals surface area contributed by atoms with Crippen LogP contribution in [0.5, 0.6) is 23.0 Å². The van der Waals surface area contributed by atoms with Gasteiger partial charge in [0.2, 0.25) is 13.6 Å². The molecule has 84 heavy (non-hydrogen) atoms. The topological polar surface area (TPSA) is 300 Å². The molecular formula is C51H52Cl4F4N4O19P2. The van der Waals surface area contributed by atoms with Crippen LogP contribution in [-0.2, 0) is 55.9 Å².